The summed E-state index contributed by atoms with van der Waals surface area (Å²) in [5.41, 5.74) is 2.25. The first-order chi connectivity index (χ1) is 17.5. The topological polar surface area (TPSA) is 71.0 Å². The van der Waals surface area contributed by atoms with Crippen molar-refractivity contribution in [2.24, 2.45) is 0 Å². The van der Waals surface area contributed by atoms with E-state index in [-0.39, 0.29) is 23.3 Å². The first-order valence-electron chi connectivity index (χ1n) is 11.9. The van der Waals surface area contributed by atoms with E-state index in [1.807, 2.05) is 56.3 Å². The van der Waals surface area contributed by atoms with Gasteiger partial charge in [-0.1, -0.05) is 12.1 Å². The molecule has 2 aromatic carbocycles. The summed E-state index contributed by atoms with van der Waals surface area (Å²) in [5, 5.41) is 3.97. The molecule has 1 atom stereocenters. The molecule has 4 rings (SSSR count). The minimum atomic E-state index is -4.34. The zero-order valence-electron chi connectivity index (χ0n) is 21.0. The van der Waals surface area contributed by atoms with Gasteiger partial charge in [0.25, 0.3) is 0 Å². The van der Waals surface area contributed by atoms with Gasteiger partial charge in [-0.2, -0.15) is 13.2 Å². The molecule has 6 nitrogen and oxygen atoms in total. The van der Waals surface area contributed by atoms with Crippen LogP contribution >= 0.6 is 0 Å². The molecule has 2 aromatic heterocycles. The fourth-order valence-electron chi connectivity index (χ4n) is 4.25. The molecule has 2 heterocycles. The molecule has 0 aliphatic rings. The van der Waals surface area contributed by atoms with Crippen LogP contribution in [0.1, 0.15) is 33.3 Å². The molecule has 10 heteroatoms. The van der Waals surface area contributed by atoms with Crippen LogP contribution in [0.2, 0.25) is 0 Å². The van der Waals surface area contributed by atoms with E-state index >= 15 is 0 Å². The van der Waals surface area contributed by atoms with E-state index in [0.29, 0.717) is 27.2 Å². The van der Waals surface area contributed by atoms with Crippen LogP contribution in [0.5, 0.6) is 0 Å². The number of alkyl halides is 3. The molecule has 0 saturated carbocycles. The van der Waals surface area contributed by atoms with Gasteiger partial charge in [0, 0.05) is 34.9 Å². The van der Waals surface area contributed by atoms with E-state index in [1.54, 1.807) is 18.2 Å². The van der Waals surface area contributed by atoms with Gasteiger partial charge < -0.3 is 5.32 Å². The fourth-order valence-corrected chi connectivity index (χ4v) is 5.63. The predicted octanol–water partition coefficient (Wildman–Crippen LogP) is 6.68. The third-order valence-electron chi connectivity index (χ3n) is 5.72. The normalized spacial score (nSPS) is 13.0. The highest BCUT2D eigenvalue weighted by Gasteiger charge is 2.29. The van der Waals surface area contributed by atoms with Gasteiger partial charge in [0.15, 0.2) is 0 Å². The molecule has 1 unspecified atom stereocenters. The summed E-state index contributed by atoms with van der Waals surface area (Å²) in [5.74, 6) is 0.549. The lowest BCUT2D eigenvalue weighted by molar-refractivity contribution is -0.127. The highest BCUT2D eigenvalue weighted by molar-refractivity contribution is 7.82. The van der Waals surface area contributed by atoms with Crippen LogP contribution in [0.15, 0.2) is 72.0 Å². The first kappa shape index (κ1) is 26.7. The number of pyridine rings is 1. The Morgan fingerprint density at radius 1 is 0.946 bits per heavy atom. The summed E-state index contributed by atoms with van der Waals surface area (Å²) >= 11 is 0. The van der Waals surface area contributed by atoms with Crippen molar-refractivity contribution in [2.45, 2.75) is 57.3 Å². The third kappa shape index (κ3) is 6.31. The molecular weight excluding hydrogens is 499 g/mol. The van der Waals surface area contributed by atoms with Crippen LogP contribution in [-0.2, 0) is 17.4 Å². The molecule has 37 heavy (non-hydrogen) atoms. The summed E-state index contributed by atoms with van der Waals surface area (Å²) in [7, 11) is -1.28. The van der Waals surface area contributed by atoms with Crippen LogP contribution in [0.4, 0.5) is 24.7 Å². The van der Waals surface area contributed by atoms with Gasteiger partial charge in [0.2, 0.25) is 0 Å². The van der Waals surface area contributed by atoms with Crippen molar-refractivity contribution in [2.75, 3.05) is 5.32 Å². The summed E-state index contributed by atoms with van der Waals surface area (Å²) in [6.45, 7) is 8.07. The minimum absolute atomic E-state index is 0.104. The largest absolute Gasteiger partial charge is 0.393 e. The van der Waals surface area contributed by atoms with Crippen molar-refractivity contribution in [3.05, 3.63) is 72.7 Å². The Bertz CT molecular complexity index is 1400. The Hall–Kier alpha value is -3.37. The number of fused-ring (bicyclic) bond motifs is 1. The Balaban J connectivity index is 1.60. The van der Waals surface area contributed by atoms with Crippen molar-refractivity contribution in [3.63, 3.8) is 0 Å². The molecule has 194 valence electrons. The molecule has 0 amide bonds. The van der Waals surface area contributed by atoms with E-state index in [2.05, 4.69) is 20.3 Å². The molecule has 0 spiro atoms. The van der Waals surface area contributed by atoms with Crippen molar-refractivity contribution in [3.8, 4) is 11.3 Å². The van der Waals surface area contributed by atoms with Crippen LogP contribution in [0.3, 0.4) is 0 Å². The quantitative estimate of drug-likeness (QED) is 0.277. The molecule has 0 fully saturated rings. The van der Waals surface area contributed by atoms with Crippen LogP contribution < -0.4 is 5.32 Å². The molecule has 0 aliphatic heterocycles. The number of aromatic nitrogens is 3. The van der Waals surface area contributed by atoms with Gasteiger partial charge in [0.1, 0.15) is 23.1 Å². The molecular formula is C27H28F3N5OS. The van der Waals surface area contributed by atoms with Crippen molar-refractivity contribution in [1.29, 1.82) is 0 Å². The second-order valence-electron chi connectivity index (χ2n) is 9.20. The zero-order valence-corrected chi connectivity index (χ0v) is 21.8. The highest BCUT2D eigenvalue weighted by atomic mass is 32.2. The Morgan fingerprint density at radius 3 is 2.30 bits per heavy atom. The Labute approximate surface area is 216 Å². The molecule has 0 radical (unpaired) electrons. The molecule has 1 N–H and O–H groups in total. The fraction of sp³-hybridized carbons (Fsp3) is 0.296. The summed E-state index contributed by atoms with van der Waals surface area (Å²) in [6, 6.07) is 15.7. The van der Waals surface area contributed by atoms with Crippen LogP contribution in [0.25, 0.3) is 22.2 Å². The number of rotatable bonds is 8. The lowest BCUT2D eigenvalue weighted by Gasteiger charge is -2.28. The number of halogens is 3. The molecule has 0 saturated heterocycles. The van der Waals surface area contributed by atoms with E-state index in [0.717, 1.165) is 5.69 Å². The smallest absolute Gasteiger partial charge is 0.340 e. The van der Waals surface area contributed by atoms with Gasteiger partial charge in [0.05, 0.1) is 22.5 Å². The van der Waals surface area contributed by atoms with E-state index in [9.17, 15) is 17.4 Å². The summed E-state index contributed by atoms with van der Waals surface area (Å²) in [4.78, 5) is 13.6. The maximum absolute atomic E-state index is 13.1. The number of benzene rings is 2. The van der Waals surface area contributed by atoms with Crippen molar-refractivity contribution < 1.29 is 17.4 Å². The van der Waals surface area contributed by atoms with Gasteiger partial charge in [-0.05, 0) is 75.7 Å². The van der Waals surface area contributed by atoms with Crippen molar-refractivity contribution >= 4 is 33.4 Å². The second kappa shape index (κ2) is 10.9. The number of hydrogen-bond acceptors (Lipinski definition) is 5. The number of hydrogen-bond donors (Lipinski definition) is 1. The average molecular weight is 528 g/mol. The minimum Gasteiger partial charge on any atom is -0.340 e. The number of anilines is 2. The molecule has 0 bridgehead atoms. The Kier molecular flexibility index (Phi) is 7.89. The summed E-state index contributed by atoms with van der Waals surface area (Å²) in [6.07, 6.45) is -2.52. The predicted molar refractivity (Wildman–Crippen MR) is 141 cm³/mol. The molecule has 4 aromatic rings. The maximum atomic E-state index is 13.1. The second-order valence-corrected chi connectivity index (χ2v) is 10.6. The van der Waals surface area contributed by atoms with Gasteiger partial charge in [-0.25, -0.2) is 18.5 Å². The van der Waals surface area contributed by atoms with Gasteiger partial charge in [-0.15, -0.1) is 0 Å². The summed E-state index contributed by atoms with van der Waals surface area (Å²) < 4.78 is 54.2. The van der Waals surface area contributed by atoms with E-state index < -0.39 is 23.6 Å². The number of nitrogens with one attached hydrogen (secondary N) is 1. The monoisotopic (exact) mass is 527 g/mol. The maximum Gasteiger partial charge on any atom is 0.393 e. The van der Waals surface area contributed by atoms with Crippen molar-refractivity contribution in [1.82, 2.24) is 19.3 Å². The first-order valence-corrected chi connectivity index (χ1v) is 13.0. The van der Waals surface area contributed by atoms with Gasteiger partial charge in [-0.3, -0.25) is 4.98 Å². The SMILES string of the molecule is CC(C)N(C(C)C)S(=O)c1ccc(Nc2ncnc3cc(-c4ncccc4CC(F)(F)F)ccc23)cc1. The van der Waals surface area contributed by atoms with E-state index in [4.69, 9.17) is 0 Å². The highest BCUT2D eigenvalue weighted by Crippen LogP contribution is 2.31. The van der Waals surface area contributed by atoms with E-state index in [1.165, 1.54) is 24.7 Å². The average Bonchev–Trinajstić information content (AvgIpc) is 2.83. The lowest BCUT2D eigenvalue weighted by atomic mass is 10.0. The van der Waals surface area contributed by atoms with Crippen LogP contribution in [-0.4, -0.2) is 41.7 Å². The number of nitrogens with zero attached hydrogens (tertiary/aromatic N) is 4. The standard InChI is InChI=1S/C27H28F3N5OS/c1-17(2)35(18(3)4)37(36)22-10-8-21(9-11-22)34-26-23-12-7-19(14-24(23)32-16-33-26)25-20(6-5-13-31-25)15-27(28,29)30/h5-14,16-18H,15H2,1-4H3,(H,32,33,34). The molecule has 0 aliphatic carbocycles. The lowest BCUT2D eigenvalue weighted by Crippen LogP contribution is -2.38. The van der Waals surface area contributed by atoms with Crippen LogP contribution in [0, 0.1) is 0 Å². The third-order valence-corrected chi connectivity index (χ3v) is 7.62. The zero-order chi connectivity index (χ0) is 26.7. The Morgan fingerprint density at radius 2 is 1.65 bits per heavy atom. The van der Waals surface area contributed by atoms with Gasteiger partial charge >= 0.3 is 6.18 Å².